The second-order valence-electron chi connectivity index (χ2n) is 7.28. The van der Waals surface area contributed by atoms with Crippen molar-refractivity contribution < 1.29 is 18.0 Å². The lowest BCUT2D eigenvalue weighted by Crippen LogP contribution is -2.50. The van der Waals surface area contributed by atoms with E-state index in [1.807, 2.05) is 0 Å². The number of piperazine rings is 1. The average molecular weight is 480 g/mol. The van der Waals surface area contributed by atoms with E-state index in [1.165, 1.54) is 35.5 Å². The molecule has 10 heteroatoms. The quantitative estimate of drug-likeness (QED) is 0.575. The first-order chi connectivity index (χ1) is 14.7. The van der Waals surface area contributed by atoms with Crippen LogP contribution in [0.3, 0.4) is 0 Å². The van der Waals surface area contributed by atoms with Gasteiger partial charge < -0.3 is 9.88 Å². The number of nitrogens with zero attached hydrogens (tertiary/aromatic N) is 2. The van der Waals surface area contributed by atoms with E-state index in [1.54, 1.807) is 23.1 Å². The molecule has 1 aliphatic rings. The summed E-state index contributed by atoms with van der Waals surface area (Å²) < 4.78 is 27.2. The molecule has 0 spiro atoms. The molecule has 0 unspecified atom stereocenters. The molecule has 1 fully saturated rings. The SMILES string of the molecule is CC(=O)c1ccc(S(=O)(=O)N2CCN(C(=O)c3[nH]c4ccc(Cl)cc4c3Cl)CC2)cc1. The van der Waals surface area contributed by atoms with Gasteiger partial charge in [0, 0.05) is 47.7 Å². The van der Waals surface area contributed by atoms with E-state index in [0.717, 1.165) is 0 Å². The van der Waals surface area contributed by atoms with Crippen LogP contribution >= 0.6 is 23.2 Å². The summed E-state index contributed by atoms with van der Waals surface area (Å²) in [6.45, 7) is 2.21. The van der Waals surface area contributed by atoms with Crippen LogP contribution in [0.25, 0.3) is 10.9 Å². The van der Waals surface area contributed by atoms with Crippen molar-refractivity contribution in [3.8, 4) is 0 Å². The van der Waals surface area contributed by atoms with E-state index in [-0.39, 0.29) is 48.5 Å². The first kappa shape index (κ1) is 21.8. The Morgan fingerprint density at radius 1 is 0.968 bits per heavy atom. The van der Waals surface area contributed by atoms with Crippen LogP contribution in [0.15, 0.2) is 47.4 Å². The number of rotatable bonds is 4. The number of amides is 1. The number of halogens is 2. The predicted molar refractivity (Wildman–Crippen MR) is 119 cm³/mol. The van der Waals surface area contributed by atoms with Crippen molar-refractivity contribution >= 4 is 55.8 Å². The molecule has 3 aromatic rings. The molecule has 0 saturated carbocycles. The number of sulfonamides is 1. The molecule has 2 aromatic carbocycles. The van der Waals surface area contributed by atoms with Gasteiger partial charge in [-0.1, -0.05) is 35.3 Å². The van der Waals surface area contributed by atoms with Crippen LogP contribution in [-0.2, 0) is 10.0 Å². The second kappa shape index (κ2) is 8.27. The molecule has 0 bridgehead atoms. The summed E-state index contributed by atoms with van der Waals surface area (Å²) in [6.07, 6.45) is 0. The van der Waals surface area contributed by atoms with Crippen molar-refractivity contribution in [3.05, 3.63) is 63.8 Å². The molecule has 1 aliphatic heterocycles. The molecule has 0 radical (unpaired) electrons. The largest absolute Gasteiger partial charge is 0.349 e. The average Bonchev–Trinajstić information content (AvgIpc) is 3.09. The number of nitrogens with one attached hydrogen (secondary N) is 1. The van der Waals surface area contributed by atoms with Gasteiger partial charge in [-0.15, -0.1) is 0 Å². The Balaban J connectivity index is 1.48. The topological polar surface area (TPSA) is 90.6 Å². The van der Waals surface area contributed by atoms with Gasteiger partial charge >= 0.3 is 0 Å². The van der Waals surface area contributed by atoms with Gasteiger partial charge in [0.15, 0.2) is 5.78 Å². The monoisotopic (exact) mass is 479 g/mol. The summed E-state index contributed by atoms with van der Waals surface area (Å²) >= 11 is 12.4. The maximum absolute atomic E-state index is 13.0. The second-order valence-corrected chi connectivity index (χ2v) is 10.0. The summed E-state index contributed by atoms with van der Waals surface area (Å²) in [7, 11) is -3.72. The number of aromatic nitrogens is 1. The van der Waals surface area contributed by atoms with Gasteiger partial charge in [0.25, 0.3) is 5.91 Å². The molecule has 0 atom stereocenters. The molecule has 4 rings (SSSR count). The zero-order valence-corrected chi connectivity index (χ0v) is 18.9. The highest BCUT2D eigenvalue weighted by Crippen LogP contribution is 2.31. The molecule has 162 valence electrons. The normalized spacial score (nSPS) is 15.4. The van der Waals surface area contributed by atoms with Crippen molar-refractivity contribution in [3.63, 3.8) is 0 Å². The number of carbonyl (C=O) groups is 2. The van der Waals surface area contributed by atoms with Crippen molar-refractivity contribution in [2.75, 3.05) is 26.2 Å². The fraction of sp³-hybridized carbons (Fsp3) is 0.238. The zero-order chi connectivity index (χ0) is 22.3. The number of Topliss-reactive ketones (excluding diaryl/α,β-unsaturated/α-hetero) is 1. The number of benzene rings is 2. The number of hydrogen-bond donors (Lipinski definition) is 1. The van der Waals surface area contributed by atoms with Crippen LogP contribution in [0.1, 0.15) is 27.8 Å². The first-order valence-electron chi connectivity index (χ1n) is 9.55. The van der Waals surface area contributed by atoms with E-state index < -0.39 is 10.0 Å². The van der Waals surface area contributed by atoms with Crippen LogP contribution in [0, 0.1) is 0 Å². The number of hydrogen-bond acceptors (Lipinski definition) is 4. The molecular weight excluding hydrogens is 461 g/mol. The van der Waals surface area contributed by atoms with Crippen LogP contribution in [0.4, 0.5) is 0 Å². The fourth-order valence-electron chi connectivity index (χ4n) is 3.58. The number of ketones is 1. The van der Waals surface area contributed by atoms with Gasteiger partial charge in [-0.2, -0.15) is 4.31 Å². The summed E-state index contributed by atoms with van der Waals surface area (Å²) in [5.74, 6) is -0.422. The van der Waals surface area contributed by atoms with Gasteiger partial charge in [-0.05, 0) is 37.3 Å². The van der Waals surface area contributed by atoms with Crippen LogP contribution in [0.5, 0.6) is 0 Å². The van der Waals surface area contributed by atoms with Crippen molar-refractivity contribution in [1.82, 2.24) is 14.2 Å². The van der Waals surface area contributed by atoms with E-state index in [9.17, 15) is 18.0 Å². The maximum atomic E-state index is 13.0. The highest BCUT2D eigenvalue weighted by Gasteiger charge is 2.31. The number of fused-ring (bicyclic) bond motifs is 1. The molecule has 1 saturated heterocycles. The lowest BCUT2D eigenvalue weighted by atomic mass is 10.2. The van der Waals surface area contributed by atoms with Crippen LogP contribution in [-0.4, -0.2) is 60.5 Å². The molecule has 7 nitrogen and oxygen atoms in total. The fourth-order valence-corrected chi connectivity index (χ4v) is 5.46. The van der Waals surface area contributed by atoms with E-state index in [2.05, 4.69) is 4.98 Å². The van der Waals surface area contributed by atoms with E-state index in [4.69, 9.17) is 23.2 Å². The number of aromatic amines is 1. The smallest absolute Gasteiger partial charge is 0.271 e. The molecule has 2 heterocycles. The highest BCUT2D eigenvalue weighted by atomic mass is 35.5. The minimum absolute atomic E-state index is 0.118. The Labute approximate surface area is 189 Å². The Bertz CT molecular complexity index is 1280. The third-order valence-electron chi connectivity index (χ3n) is 5.34. The van der Waals surface area contributed by atoms with E-state index in [0.29, 0.717) is 26.5 Å². The molecular formula is C21H19Cl2N3O4S. The summed E-state index contributed by atoms with van der Waals surface area (Å²) in [5.41, 5.74) is 1.41. The zero-order valence-electron chi connectivity index (χ0n) is 16.6. The minimum Gasteiger partial charge on any atom is -0.349 e. The first-order valence-corrected chi connectivity index (χ1v) is 11.8. The van der Waals surface area contributed by atoms with Crippen molar-refractivity contribution in [2.24, 2.45) is 0 Å². The minimum atomic E-state index is -3.72. The van der Waals surface area contributed by atoms with Gasteiger partial charge in [-0.3, -0.25) is 9.59 Å². The Morgan fingerprint density at radius 2 is 1.61 bits per heavy atom. The van der Waals surface area contributed by atoms with Crippen molar-refractivity contribution in [2.45, 2.75) is 11.8 Å². The standard InChI is InChI=1S/C21H19Cl2N3O4S/c1-13(27)14-2-5-16(6-3-14)31(29,30)26-10-8-25(9-11-26)21(28)20-19(23)17-12-15(22)4-7-18(17)24-20/h2-7,12,24H,8-11H2,1H3. The molecule has 1 aromatic heterocycles. The summed E-state index contributed by atoms with van der Waals surface area (Å²) in [6, 6.07) is 11.0. The lowest BCUT2D eigenvalue weighted by Gasteiger charge is -2.33. The Kier molecular flexibility index (Phi) is 5.83. The molecule has 1 N–H and O–H groups in total. The van der Waals surface area contributed by atoms with Gasteiger partial charge in [0.1, 0.15) is 5.69 Å². The van der Waals surface area contributed by atoms with Crippen LogP contribution in [0.2, 0.25) is 10.0 Å². The maximum Gasteiger partial charge on any atom is 0.271 e. The Hall–Kier alpha value is -2.39. The van der Waals surface area contributed by atoms with Crippen LogP contribution < -0.4 is 0 Å². The number of H-pyrrole nitrogens is 1. The third kappa shape index (κ3) is 4.08. The van der Waals surface area contributed by atoms with Gasteiger partial charge in [0.2, 0.25) is 10.0 Å². The lowest BCUT2D eigenvalue weighted by molar-refractivity contribution is 0.0693. The van der Waals surface area contributed by atoms with Gasteiger partial charge in [-0.25, -0.2) is 8.42 Å². The van der Waals surface area contributed by atoms with Gasteiger partial charge in [0.05, 0.1) is 9.92 Å². The predicted octanol–water partition coefficient (Wildman–Crippen LogP) is 3.82. The molecule has 0 aliphatic carbocycles. The Morgan fingerprint density at radius 3 is 2.23 bits per heavy atom. The third-order valence-corrected chi connectivity index (χ3v) is 7.88. The summed E-state index contributed by atoms with van der Waals surface area (Å²) in [5, 5.41) is 1.47. The van der Waals surface area contributed by atoms with Crippen molar-refractivity contribution in [1.29, 1.82) is 0 Å². The highest BCUT2D eigenvalue weighted by molar-refractivity contribution is 7.89. The molecule has 1 amide bonds. The summed E-state index contributed by atoms with van der Waals surface area (Å²) in [4.78, 5) is 29.1. The van der Waals surface area contributed by atoms with E-state index >= 15 is 0 Å². The molecule has 31 heavy (non-hydrogen) atoms. The number of carbonyl (C=O) groups excluding carboxylic acids is 2.